The number of hydrogen-bond acceptors (Lipinski definition) is 10. The van der Waals surface area contributed by atoms with Gasteiger partial charge in [0.15, 0.2) is 0 Å². The van der Waals surface area contributed by atoms with Crippen LogP contribution >= 0.6 is 0 Å². The number of ether oxygens (including phenoxy) is 2. The van der Waals surface area contributed by atoms with Gasteiger partial charge in [0, 0.05) is 19.2 Å². The number of rotatable bonds is 9. The summed E-state index contributed by atoms with van der Waals surface area (Å²) < 4.78 is 39.4. The van der Waals surface area contributed by atoms with Crippen molar-refractivity contribution in [1.29, 1.82) is 0 Å². The van der Waals surface area contributed by atoms with E-state index in [1.54, 1.807) is 6.92 Å². The second-order valence-corrected chi connectivity index (χ2v) is 11.0. The Morgan fingerprint density at radius 3 is 2.74 bits per heavy atom. The summed E-state index contributed by atoms with van der Waals surface area (Å²) in [5, 5.41) is 11.2. The number of nitro benzene ring substituents is 1. The minimum Gasteiger partial charge on any atom is -0.493 e. The first kappa shape index (κ1) is 28.0. The molecular formula is C25H29N5O8S. The van der Waals surface area contributed by atoms with Crippen LogP contribution in [0.3, 0.4) is 0 Å². The summed E-state index contributed by atoms with van der Waals surface area (Å²) in [7, 11) is -4.03. The monoisotopic (exact) mass is 559 g/mol. The SMILES string of the molecule is CCCOc1ccc(S(=O)(=O)N2CCCC(C(=O)OCC)C2)cc1-c1nc2cc(N)c([N+](=O)[O-])cc2c(=O)[nH]1. The molecule has 0 saturated carbocycles. The van der Waals surface area contributed by atoms with Gasteiger partial charge in [0.1, 0.15) is 17.3 Å². The van der Waals surface area contributed by atoms with E-state index in [4.69, 9.17) is 15.2 Å². The maximum atomic E-state index is 13.6. The molecule has 208 valence electrons. The molecule has 0 bridgehead atoms. The highest BCUT2D eigenvalue weighted by Crippen LogP contribution is 2.34. The number of fused-ring (bicyclic) bond motifs is 1. The standard InChI is InChI=1S/C25H29N5O8S/c1-3-10-38-22-8-7-16(39(35,36)29-9-5-6-15(14-29)25(32)37-4-2)11-18(22)23-27-20-13-19(26)21(30(33)34)12-17(20)24(31)28-23/h7-8,11-13,15H,3-6,9-10,14,26H2,1-2H3,(H,27,28,31). The molecule has 4 rings (SSSR count). The third-order valence-electron chi connectivity index (χ3n) is 6.36. The zero-order valence-electron chi connectivity index (χ0n) is 21.5. The lowest BCUT2D eigenvalue weighted by Crippen LogP contribution is -2.42. The summed E-state index contributed by atoms with van der Waals surface area (Å²) in [6, 6.07) is 6.51. The van der Waals surface area contributed by atoms with E-state index in [1.807, 2.05) is 6.92 Å². The van der Waals surface area contributed by atoms with Gasteiger partial charge in [-0.15, -0.1) is 0 Å². The van der Waals surface area contributed by atoms with Crippen molar-refractivity contribution in [2.45, 2.75) is 38.0 Å². The highest BCUT2D eigenvalue weighted by Gasteiger charge is 2.34. The van der Waals surface area contributed by atoms with Crippen LogP contribution in [0.15, 0.2) is 40.0 Å². The van der Waals surface area contributed by atoms with Gasteiger partial charge >= 0.3 is 5.97 Å². The van der Waals surface area contributed by atoms with Crippen molar-refractivity contribution >= 4 is 38.3 Å². The number of carbonyl (C=O) groups is 1. The lowest BCUT2D eigenvalue weighted by molar-refractivity contribution is -0.383. The molecule has 0 amide bonds. The van der Waals surface area contributed by atoms with Crippen molar-refractivity contribution in [3.8, 4) is 17.1 Å². The van der Waals surface area contributed by atoms with Crippen molar-refractivity contribution < 1.29 is 27.6 Å². The van der Waals surface area contributed by atoms with Crippen LogP contribution in [-0.4, -0.2) is 59.9 Å². The topological polar surface area (TPSA) is 188 Å². The molecule has 1 aliphatic heterocycles. The maximum absolute atomic E-state index is 13.6. The number of nitrogens with zero attached hydrogens (tertiary/aromatic N) is 3. The number of piperidine rings is 1. The average molecular weight is 560 g/mol. The van der Waals surface area contributed by atoms with Crippen LogP contribution in [0.5, 0.6) is 5.75 Å². The van der Waals surface area contributed by atoms with E-state index in [2.05, 4.69) is 9.97 Å². The minimum atomic E-state index is -4.03. The Kier molecular flexibility index (Phi) is 8.16. The number of nitrogens with one attached hydrogen (secondary N) is 1. The Morgan fingerprint density at radius 1 is 1.28 bits per heavy atom. The molecule has 14 heteroatoms. The van der Waals surface area contributed by atoms with Crippen LogP contribution in [0.1, 0.15) is 33.1 Å². The normalized spacial score (nSPS) is 16.2. The van der Waals surface area contributed by atoms with Gasteiger partial charge in [0.25, 0.3) is 11.2 Å². The molecule has 39 heavy (non-hydrogen) atoms. The van der Waals surface area contributed by atoms with Gasteiger partial charge in [0.2, 0.25) is 10.0 Å². The Hall–Kier alpha value is -4.04. The molecule has 1 atom stereocenters. The number of nitro groups is 1. The zero-order chi connectivity index (χ0) is 28.3. The van der Waals surface area contributed by atoms with Crippen LogP contribution in [0.25, 0.3) is 22.3 Å². The third-order valence-corrected chi connectivity index (χ3v) is 8.22. The van der Waals surface area contributed by atoms with Gasteiger partial charge in [0.05, 0.1) is 45.4 Å². The summed E-state index contributed by atoms with van der Waals surface area (Å²) in [6.45, 7) is 4.36. The van der Waals surface area contributed by atoms with Crippen LogP contribution in [0.4, 0.5) is 11.4 Å². The highest BCUT2D eigenvalue weighted by molar-refractivity contribution is 7.89. The summed E-state index contributed by atoms with van der Waals surface area (Å²) in [4.78, 5) is 42.6. The molecule has 0 spiro atoms. The first-order chi connectivity index (χ1) is 18.6. The molecule has 3 N–H and O–H groups in total. The van der Waals surface area contributed by atoms with Crippen molar-refractivity contribution in [2.24, 2.45) is 5.92 Å². The van der Waals surface area contributed by atoms with Gasteiger partial charge in [-0.25, -0.2) is 13.4 Å². The molecule has 13 nitrogen and oxygen atoms in total. The van der Waals surface area contributed by atoms with Crippen molar-refractivity contribution in [3.63, 3.8) is 0 Å². The molecule has 1 unspecified atom stereocenters. The van der Waals surface area contributed by atoms with Gasteiger partial charge < -0.3 is 20.2 Å². The number of benzene rings is 2. The highest BCUT2D eigenvalue weighted by atomic mass is 32.2. The number of sulfonamides is 1. The fourth-order valence-electron chi connectivity index (χ4n) is 4.43. The van der Waals surface area contributed by atoms with Gasteiger partial charge in [-0.1, -0.05) is 6.92 Å². The van der Waals surface area contributed by atoms with Crippen LogP contribution in [0, 0.1) is 16.0 Å². The molecule has 1 aliphatic rings. The summed E-state index contributed by atoms with van der Waals surface area (Å²) >= 11 is 0. The third kappa shape index (κ3) is 5.71. The smallest absolute Gasteiger partial charge is 0.310 e. The second kappa shape index (κ2) is 11.4. The first-order valence-electron chi connectivity index (χ1n) is 12.5. The van der Waals surface area contributed by atoms with E-state index in [-0.39, 0.29) is 58.3 Å². The Bertz CT molecular complexity index is 1590. The Balaban J connectivity index is 1.79. The zero-order valence-corrected chi connectivity index (χ0v) is 22.3. The largest absolute Gasteiger partial charge is 0.493 e. The fourth-order valence-corrected chi connectivity index (χ4v) is 5.98. The molecule has 2 aromatic carbocycles. The number of H-pyrrole nitrogens is 1. The lowest BCUT2D eigenvalue weighted by Gasteiger charge is -2.30. The minimum absolute atomic E-state index is 0.00625. The van der Waals surface area contributed by atoms with E-state index >= 15 is 0 Å². The van der Waals surface area contributed by atoms with Gasteiger partial charge in [-0.2, -0.15) is 4.31 Å². The molecule has 1 fully saturated rings. The number of anilines is 1. The van der Waals surface area contributed by atoms with Gasteiger partial charge in [-0.05, 0) is 50.5 Å². The predicted octanol–water partition coefficient (Wildman–Crippen LogP) is 2.83. The second-order valence-electron chi connectivity index (χ2n) is 9.06. The number of hydrogen-bond donors (Lipinski definition) is 2. The van der Waals surface area contributed by atoms with Crippen molar-refractivity contribution in [2.75, 3.05) is 32.0 Å². The molecule has 3 aromatic rings. The van der Waals surface area contributed by atoms with E-state index in [0.717, 1.165) is 6.07 Å². The summed E-state index contributed by atoms with van der Waals surface area (Å²) in [6.07, 6.45) is 1.70. The Morgan fingerprint density at radius 2 is 2.05 bits per heavy atom. The van der Waals surface area contributed by atoms with Crippen LogP contribution in [0.2, 0.25) is 0 Å². The summed E-state index contributed by atoms with van der Waals surface area (Å²) in [5.41, 5.74) is 4.84. The summed E-state index contributed by atoms with van der Waals surface area (Å²) in [5.74, 6) is -0.699. The fraction of sp³-hybridized carbons (Fsp3) is 0.400. The van der Waals surface area contributed by atoms with E-state index in [1.165, 1.54) is 28.6 Å². The van der Waals surface area contributed by atoms with E-state index < -0.39 is 38.1 Å². The predicted molar refractivity (Wildman–Crippen MR) is 143 cm³/mol. The first-order valence-corrected chi connectivity index (χ1v) is 13.9. The van der Waals surface area contributed by atoms with Crippen LogP contribution in [-0.2, 0) is 19.6 Å². The molecule has 1 aromatic heterocycles. The molecular weight excluding hydrogens is 530 g/mol. The Labute approximate surface area is 224 Å². The van der Waals surface area contributed by atoms with Crippen LogP contribution < -0.4 is 16.0 Å². The number of esters is 1. The average Bonchev–Trinajstić information content (AvgIpc) is 2.91. The quantitative estimate of drug-likeness (QED) is 0.171. The maximum Gasteiger partial charge on any atom is 0.310 e. The van der Waals surface area contributed by atoms with E-state index in [0.29, 0.717) is 25.9 Å². The molecule has 1 saturated heterocycles. The number of aromatic nitrogens is 2. The van der Waals surface area contributed by atoms with Gasteiger partial charge in [-0.3, -0.25) is 19.7 Å². The van der Waals surface area contributed by atoms with Crippen molar-refractivity contribution in [3.05, 3.63) is 50.8 Å². The van der Waals surface area contributed by atoms with E-state index in [9.17, 15) is 28.1 Å². The number of aromatic amines is 1. The molecule has 0 aliphatic carbocycles. The number of carbonyl (C=O) groups excluding carboxylic acids is 1. The molecule has 0 radical (unpaired) electrons. The van der Waals surface area contributed by atoms with Crippen molar-refractivity contribution in [1.82, 2.24) is 14.3 Å². The molecule has 2 heterocycles. The lowest BCUT2D eigenvalue weighted by atomic mass is 10.0. The number of nitrogens with two attached hydrogens (primary N) is 1. The number of nitrogen functional groups attached to an aromatic ring is 1.